The fourth-order valence-electron chi connectivity index (χ4n) is 3.38. The maximum atomic E-state index is 5.57. The monoisotopic (exact) mass is 360 g/mol. The van der Waals surface area contributed by atoms with Crippen molar-refractivity contribution in [3.05, 3.63) is 29.3 Å². The van der Waals surface area contributed by atoms with Crippen LogP contribution in [0.25, 0.3) is 0 Å². The number of hydrogen-bond acceptors (Lipinski definition) is 4. The highest BCUT2D eigenvalue weighted by molar-refractivity contribution is 5.79. The highest BCUT2D eigenvalue weighted by Crippen LogP contribution is 2.26. The van der Waals surface area contributed by atoms with Gasteiger partial charge in [-0.2, -0.15) is 0 Å². The van der Waals surface area contributed by atoms with Gasteiger partial charge in [-0.15, -0.1) is 0 Å². The summed E-state index contributed by atoms with van der Waals surface area (Å²) in [5.74, 6) is 1.92. The Morgan fingerprint density at radius 1 is 1.27 bits per heavy atom. The van der Waals surface area contributed by atoms with Gasteiger partial charge in [0.15, 0.2) is 5.96 Å². The molecule has 1 aliphatic carbocycles. The molecule has 1 aromatic carbocycles. The highest BCUT2D eigenvalue weighted by atomic mass is 16.5. The summed E-state index contributed by atoms with van der Waals surface area (Å²) < 4.78 is 10.8. The second-order valence-corrected chi connectivity index (χ2v) is 6.98. The summed E-state index contributed by atoms with van der Waals surface area (Å²) in [6, 6.07) is 7.28. The van der Waals surface area contributed by atoms with Crippen LogP contribution in [0.1, 0.15) is 24.0 Å². The number of nitrogens with zero attached hydrogens (tertiary/aromatic N) is 2. The number of hydrogen-bond donors (Lipinski definition) is 2. The van der Waals surface area contributed by atoms with E-state index >= 15 is 0 Å². The zero-order valence-electron chi connectivity index (χ0n) is 16.1. The van der Waals surface area contributed by atoms with Crippen molar-refractivity contribution in [1.29, 1.82) is 0 Å². The molecule has 0 unspecified atom stereocenters. The first-order chi connectivity index (χ1) is 12.8. The molecule has 26 heavy (non-hydrogen) atoms. The van der Waals surface area contributed by atoms with Crippen LogP contribution < -0.4 is 15.4 Å². The van der Waals surface area contributed by atoms with Crippen LogP contribution in [0, 0.1) is 0 Å². The predicted octanol–water partition coefficient (Wildman–Crippen LogP) is 1.44. The van der Waals surface area contributed by atoms with E-state index in [0.717, 1.165) is 70.0 Å². The summed E-state index contributed by atoms with van der Waals surface area (Å²) in [6.07, 6.45) is 4.65. The van der Waals surface area contributed by atoms with E-state index in [4.69, 9.17) is 9.47 Å². The molecule has 1 saturated carbocycles. The SMILES string of the molecule is CN=C(NCCc1ccc2c(c1)CCO2)NCCN(CCOC)C1CC1. The molecule has 6 heteroatoms. The Kier molecular flexibility index (Phi) is 7.14. The Balaban J connectivity index is 1.35. The van der Waals surface area contributed by atoms with E-state index in [-0.39, 0.29) is 0 Å². The molecule has 0 atom stereocenters. The lowest BCUT2D eigenvalue weighted by Crippen LogP contribution is -2.43. The van der Waals surface area contributed by atoms with Gasteiger partial charge >= 0.3 is 0 Å². The normalized spacial score (nSPS) is 16.5. The van der Waals surface area contributed by atoms with E-state index in [9.17, 15) is 0 Å². The third kappa shape index (κ3) is 5.61. The van der Waals surface area contributed by atoms with Crippen molar-refractivity contribution in [3.63, 3.8) is 0 Å². The van der Waals surface area contributed by atoms with Crippen LogP contribution in [0.5, 0.6) is 5.75 Å². The van der Waals surface area contributed by atoms with Gasteiger partial charge in [-0.05, 0) is 36.5 Å². The minimum atomic E-state index is 0.755. The van der Waals surface area contributed by atoms with Crippen molar-refractivity contribution < 1.29 is 9.47 Å². The highest BCUT2D eigenvalue weighted by Gasteiger charge is 2.28. The van der Waals surface area contributed by atoms with E-state index < -0.39 is 0 Å². The van der Waals surface area contributed by atoms with Crippen LogP contribution >= 0.6 is 0 Å². The van der Waals surface area contributed by atoms with Crippen molar-refractivity contribution >= 4 is 5.96 Å². The molecular formula is C20H32N4O2. The molecule has 3 rings (SSSR count). The number of rotatable bonds is 10. The zero-order valence-corrected chi connectivity index (χ0v) is 16.1. The molecule has 2 aliphatic rings. The molecule has 1 heterocycles. The maximum absolute atomic E-state index is 5.57. The third-order valence-electron chi connectivity index (χ3n) is 5.02. The molecule has 0 radical (unpaired) electrons. The first kappa shape index (κ1) is 19.0. The summed E-state index contributed by atoms with van der Waals surface area (Å²) in [4.78, 5) is 6.84. The predicted molar refractivity (Wildman–Crippen MR) is 105 cm³/mol. The Hall–Kier alpha value is -1.79. The van der Waals surface area contributed by atoms with Crippen LogP contribution in [-0.4, -0.2) is 70.5 Å². The van der Waals surface area contributed by atoms with Crippen LogP contribution in [0.15, 0.2) is 23.2 Å². The second kappa shape index (κ2) is 9.78. The molecule has 0 amide bonds. The molecule has 144 valence electrons. The van der Waals surface area contributed by atoms with Gasteiger partial charge in [0.25, 0.3) is 0 Å². The van der Waals surface area contributed by atoms with Crippen LogP contribution in [0.3, 0.4) is 0 Å². The van der Waals surface area contributed by atoms with E-state index in [1.54, 1.807) is 7.11 Å². The van der Waals surface area contributed by atoms with Crippen LogP contribution in [0.2, 0.25) is 0 Å². The molecule has 1 aromatic rings. The van der Waals surface area contributed by atoms with Crippen molar-refractivity contribution in [2.75, 3.05) is 53.6 Å². The van der Waals surface area contributed by atoms with Gasteiger partial charge in [0.2, 0.25) is 0 Å². The van der Waals surface area contributed by atoms with Gasteiger partial charge in [-0.3, -0.25) is 9.89 Å². The Bertz CT molecular complexity index is 601. The number of guanidine groups is 1. The topological polar surface area (TPSA) is 58.1 Å². The second-order valence-electron chi connectivity index (χ2n) is 6.98. The Morgan fingerprint density at radius 2 is 2.12 bits per heavy atom. The summed E-state index contributed by atoms with van der Waals surface area (Å²) >= 11 is 0. The van der Waals surface area contributed by atoms with E-state index in [0.29, 0.717) is 0 Å². The van der Waals surface area contributed by atoms with Gasteiger partial charge in [-0.25, -0.2) is 0 Å². The van der Waals surface area contributed by atoms with Crippen molar-refractivity contribution in [2.24, 2.45) is 4.99 Å². The van der Waals surface area contributed by atoms with Gasteiger partial charge in [0.1, 0.15) is 5.75 Å². The number of nitrogens with one attached hydrogen (secondary N) is 2. The first-order valence-corrected chi connectivity index (χ1v) is 9.72. The lowest BCUT2D eigenvalue weighted by molar-refractivity contribution is 0.144. The van der Waals surface area contributed by atoms with Crippen molar-refractivity contribution in [3.8, 4) is 5.75 Å². The van der Waals surface area contributed by atoms with Gasteiger partial charge in [0, 0.05) is 52.8 Å². The average Bonchev–Trinajstić information content (AvgIpc) is 3.40. The third-order valence-corrected chi connectivity index (χ3v) is 5.02. The van der Waals surface area contributed by atoms with Gasteiger partial charge in [-0.1, -0.05) is 12.1 Å². The minimum absolute atomic E-state index is 0.755. The largest absolute Gasteiger partial charge is 0.493 e. The summed E-state index contributed by atoms with van der Waals surface area (Å²) in [6.45, 7) is 5.42. The van der Waals surface area contributed by atoms with E-state index in [2.05, 4.69) is 38.7 Å². The van der Waals surface area contributed by atoms with Crippen molar-refractivity contribution in [2.45, 2.75) is 31.7 Å². The molecule has 6 nitrogen and oxygen atoms in total. The summed E-state index contributed by atoms with van der Waals surface area (Å²) in [5, 5.41) is 6.84. The zero-order chi connectivity index (χ0) is 18.2. The molecular weight excluding hydrogens is 328 g/mol. The minimum Gasteiger partial charge on any atom is -0.493 e. The molecule has 2 N–H and O–H groups in total. The number of benzene rings is 1. The Labute approximate surface area is 157 Å². The average molecular weight is 361 g/mol. The number of methoxy groups -OCH3 is 1. The summed E-state index contributed by atoms with van der Waals surface area (Å²) in [5.41, 5.74) is 2.68. The molecule has 1 aliphatic heterocycles. The van der Waals surface area contributed by atoms with E-state index in [1.807, 2.05) is 7.05 Å². The lowest BCUT2D eigenvalue weighted by Gasteiger charge is -2.22. The lowest BCUT2D eigenvalue weighted by atomic mass is 10.1. The maximum Gasteiger partial charge on any atom is 0.191 e. The van der Waals surface area contributed by atoms with Crippen molar-refractivity contribution in [1.82, 2.24) is 15.5 Å². The molecule has 0 aromatic heterocycles. The summed E-state index contributed by atoms with van der Waals surface area (Å²) in [7, 11) is 3.59. The number of aliphatic imine (C=N–C) groups is 1. The molecule has 0 spiro atoms. The Morgan fingerprint density at radius 3 is 2.88 bits per heavy atom. The number of ether oxygens (including phenoxy) is 2. The van der Waals surface area contributed by atoms with Gasteiger partial charge < -0.3 is 20.1 Å². The quantitative estimate of drug-likeness (QED) is 0.488. The number of fused-ring (bicyclic) bond motifs is 1. The molecule has 0 saturated heterocycles. The van der Waals surface area contributed by atoms with Crippen LogP contribution in [0.4, 0.5) is 0 Å². The fraction of sp³-hybridized carbons (Fsp3) is 0.650. The van der Waals surface area contributed by atoms with E-state index in [1.165, 1.54) is 24.0 Å². The standard InChI is InChI=1S/C20H32N4O2/c1-21-20(23-10-11-24(12-14-25-2)18-4-5-18)22-9-7-16-3-6-19-17(15-16)8-13-26-19/h3,6,15,18H,4-5,7-14H2,1-2H3,(H2,21,22,23). The molecule has 1 fully saturated rings. The molecule has 0 bridgehead atoms. The first-order valence-electron chi connectivity index (χ1n) is 9.72. The van der Waals surface area contributed by atoms with Gasteiger partial charge in [0.05, 0.1) is 13.2 Å². The fourth-order valence-corrected chi connectivity index (χ4v) is 3.38. The van der Waals surface area contributed by atoms with Crippen LogP contribution in [-0.2, 0) is 17.6 Å². The smallest absolute Gasteiger partial charge is 0.191 e.